The summed E-state index contributed by atoms with van der Waals surface area (Å²) < 4.78 is 45.2. The Kier molecular flexibility index (Phi) is 4.79. The van der Waals surface area contributed by atoms with Crippen LogP contribution in [0, 0.1) is 0 Å². The van der Waals surface area contributed by atoms with Crippen molar-refractivity contribution >= 4 is 28.7 Å². The first-order chi connectivity index (χ1) is 11.8. The molecule has 0 saturated carbocycles. The number of ether oxygens (including phenoxy) is 1. The summed E-state index contributed by atoms with van der Waals surface area (Å²) in [4.78, 5) is 3.88. The van der Waals surface area contributed by atoms with Gasteiger partial charge in [0.2, 0.25) is 5.88 Å². The second-order valence-electron chi connectivity index (χ2n) is 5.31. The van der Waals surface area contributed by atoms with Crippen molar-refractivity contribution in [3.05, 3.63) is 57.5 Å². The topological polar surface area (TPSA) is 39.4 Å². The molecule has 0 spiro atoms. The minimum atomic E-state index is -4.54. The van der Waals surface area contributed by atoms with Crippen molar-refractivity contribution in [2.45, 2.75) is 19.0 Å². The molecule has 132 valence electrons. The molecule has 0 N–H and O–H groups in total. The number of aromatic nitrogens is 3. The molecule has 9 heteroatoms. The van der Waals surface area contributed by atoms with E-state index in [1.807, 2.05) is 0 Å². The molecular weight excluding hydrogens is 378 g/mol. The first-order valence-corrected chi connectivity index (χ1v) is 7.97. The van der Waals surface area contributed by atoms with Crippen LogP contribution in [-0.4, -0.2) is 21.7 Å². The van der Waals surface area contributed by atoms with E-state index in [1.54, 1.807) is 12.1 Å². The van der Waals surface area contributed by atoms with Crippen LogP contribution >= 0.6 is 23.2 Å². The van der Waals surface area contributed by atoms with Gasteiger partial charge in [-0.1, -0.05) is 29.3 Å². The molecule has 0 saturated heterocycles. The number of halogens is 5. The third-order valence-electron chi connectivity index (χ3n) is 3.77. The van der Waals surface area contributed by atoms with Gasteiger partial charge in [-0.15, -0.1) is 0 Å². The van der Waals surface area contributed by atoms with E-state index >= 15 is 0 Å². The smallest absolute Gasteiger partial charge is 0.435 e. The van der Waals surface area contributed by atoms with E-state index in [-0.39, 0.29) is 5.88 Å². The predicted molar refractivity (Wildman–Crippen MR) is 88.4 cm³/mol. The van der Waals surface area contributed by atoms with Crippen LogP contribution in [0.15, 0.2) is 30.6 Å². The summed E-state index contributed by atoms with van der Waals surface area (Å²) >= 11 is 12.2. The highest BCUT2D eigenvalue weighted by Crippen LogP contribution is 2.32. The maximum Gasteiger partial charge on any atom is 0.435 e. The number of nitrogens with zero attached hydrogens (tertiary/aromatic N) is 3. The van der Waals surface area contributed by atoms with Gasteiger partial charge in [-0.05, 0) is 30.0 Å². The van der Waals surface area contributed by atoms with Gasteiger partial charge in [0.1, 0.15) is 0 Å². The summed E-state index contributed by atoms with van der Waals surface area (Å²) in [7, 11) is 1.37. The molecule has 0 atom stereocenters. The predicted octanol–water partition coefficient (Wildman–Crippen LogP) is 4.85. The summed E-state index contributed by atoms with van der Waals surface area (Å²) in [5.41, 5.74) is 0.724. The van der Waals surface area contributed by atoms with Crippen molar-refractivity contribution in [1.82, 2.24) is 14.6 Å². The molecule has 3 rings (SSSR count). The highest BCUT2D eigenvalue weighted by Gasteiger charge is 2.34. The van der Waals surface area contributed by atoms with Gasteiger partial charge in [0.15, 0.2) is 5.69 Å². The quantitative estimate of drug-likeness (QED) is 0.640. The van der Waals surface area contributed by atoms with Crippen LogP contribution < -0.4 is 4.74 Å². The van der Waals surface area contributed by atoms with Crippen LogP contribution in [0.4, 0.5) is 13.2 Å². The monoisotopic (exact) mass is 389 g/mol. The van der Waals surface area contributed by atoms with Crippen LogP contribution in [0.1, 0.15) is 16.8 Å². The Balaban J connectivity index is 2.00. The zero-order chi connectivity index (χ0) is 18.2. The minimum absolute atomic E-state index is 0.217. The zero-order valence-electron chi connectivity index (χ0n) is 12.9. The van der Waals surface area contributed by atoms with Gasteiger partial charge in [0, 0.05) is 18.5 Å². The maximum atomic E-state index is 13.0. The molecule has 0 amide bonds. The number of rotatable bonds is 4. The first-order valence-electron chi connectivity index (χ1n) is 7.22. The molecule has 0 aliphatic heterocycles. The molecule has 3 aromatic rings. The van der Waals surface area contributed by atoms with Crippen LogP contribution in [0.25, 0.3) is 5.52 Å². The second kappa shape index (κ2) is 6.72. The molecule has 0 aromatic carbocycles. The molecule has 0 aliphatic rings. The van der Waals surface area contributed by atoms with E-state index in [0.717, 1.165) is 10.6 Å². The Morgan fingerprint density at radius 2 is 1.80 bits per heavy atom. The number of hydrogen-bond acceptors (Lipinski definition) is 3. The van der Waals surface area contributed by atoms with Crippen molar-refractivity contribution in [2.75, 3.05) is 7.11 Å². The van der Waals surface area contributed by atoms with Gasteiger partial charge in [0.05, 0.1) is 22.7 Å². The molecule has 25 heavy (non-hydrogen) atoms. The number of fused-ring (bicyclic) bond motifs is 1. The Labute approximate surface area is 151 Å². The zero-order valence-corrected chi connectivity index (χ0v) is 14.5. The third-order valence-corrected chi connectivity index (χ3v) is 4.42. The van der Waals surface area contributed by atoms with Gasteiger partial charge >= 0.3 is 6.18 Å². The summed E-state index contributed by atoms with van der Waals surface area (Å²) in [6.07, 6.45) is -0.694. The Morgan fingerprint density at radius 3 is 2.40 bits per heavy atom. The van der Waals surface area contributed by atoms with Gasteiger partial charge in [-0.3, -0.25) is 4.98 Å². The highest BCUT2D eigenvalue weighted by molar-refractivity contribution is 6.35. The van der Waals surface area contributed by atoms with E-state index in [2.05, 4.69) is 10.1 Å². The van der Waals surface area contributed by atoms with E-state index < -0.39 is 11.9 Å². The number of methoxy groups -OCH3 is 1. The molecule has 0 radical (unpaired) electrons. The fourth-order valence-corrected chi connectivity index (χ4v) is 3.10. The average Bonchev–Trinajstić information content (AvgIpc) is 3.00. The lowest BCUT2D eigenvalue weighted by Gasteiger charge is -2.09. The van der Waals surface area contributed by atoms with Gasteiger partial charge in [-0.2, -0.15) is 18.3 Å². The highest BCUT2D eigenvalue weighted by atomic mass is 35.5. The first kappa shape index (κ1) is 17.8. The minimum Gasteiger partial charge on any atom is -0.481 e. The van der Waals surface area contributed by atoms with Gasteiger partial charge < -0.3 is 4.74 Å². The molecule has 3 heterocycles. The Hall–Kier alpha value is -1.99. The normalized spacial score (nSPS) is 11.9. The van der Waals surface area contributed by atoms with Crippen LogP contribution in [0.5, 0.6) is 5.88 Å². The van der Waals surface area contributed by atoms with E-state index in [9.17, 15) is 13.2 Å². The number of pyridine rings is 2. The number of hydrogen-bond donors (Lipinski definition) is 0. The standard InChI is InChI=1S/C16H12Cl2F3N3O/c1-25-15-5-3-9(2-4-10-11(17)7-22-8-12(10)18)13-6-14(16(19,20)21)23-24(13)15/h3,5-8H,2,4H2,1H3. The van der Waals surface area contributed by atoms with Crippen molar-refractivity contribution in [2.24, 2.45) is 0 Å². The van der Waals surface area contributed by atoms with Crippen molar-refractivity contribution in [3.63, 3.8) is 0 Å². The molecule has 3 aromatic heterocycles. The Bertz CT molecular complexity index is 905. The largest absolute Gasteiger partial charge is 0.481 e. The van der Waals surface area contributed by atoms with E-state index in [1.165, 1.54) is 19.5 Å². The lowest BCUT2D eigenvalue weighted by molar-refractivity contribution is -0.141. The summed E-state index contributed by atoms with van der Waals surface area (Å²) in [6.45, 7) is 0. The van der Waals surface area contributed by atoms with Crippen molar-refractivity contribution in [3.8, 4) is 5.88 Å². The fourth-order valence-electron chi connectivity index (χ4n) is 2.55. The SMILES string of the molecule is COc1ccc(CCc2c(Cl)cncc2Cl)c2cc(C(F)(F)F)nn12. The summed E-state index contributed by atoms with van der Waals surface area (Å²) in [5, 5.41) is 4.45. The van der Waals surface area contributed by atoms with Crippen molar-refractivity contribution < 1.29 is 17.9 Å². The van der Waals surface area contributed by atoms with Crippen LogP contribution in [-0.2, 0) is 19.0 Å². The Morgan fingerprint density at radius 1 is 1.12 bits per heavy atom. The summed E-state index contributed by atoms with van der Waals surface area (Å²) in [5.74, 6) is 0.217. The number of alkyl halides is 3. The lowest BCUT2D eigenvalue weighted by atomic mass is 10.0. The van der Waals surface area contributed by atoms with Crippen LogP contribution in [0.3, 0.4) is 0 Å². The van der Waals surface area contributed by atoms with E-state index in [0.29, 0.717) is 39.5 Å². The number of aryl methyl sites for hydroxylation is 1. The van der Waals surface area contributed by atoms with Gasteiger partial charge in [-0.25, -0.2) is 4.52 Å². The second-order valence-corrected chi connectivity index (χ2v) is 6.12. The molecule has 0 bridgehead atoms. The fraction of sp³-hybridized carbons (Fsp3) is 0.250. The molecule has 0 unspecified atom stereocenters. The molecular formula is C16H12Cl2F3N3O. The molecule has 4 nitrogen and oxygen atoms in total. The lowest BCUT2D eigenvalue weighted by Crippen LogP contribution is -2.06. The third kappa shape index (κ3) is 3.52. The van der Waals surface area contributed by atoms with Crippen LogP contribution in [0.2, 0.25) is 10.0 Å². The maximum absolute atomic E-state index is 13.0. The molecule has 0 fully saturated rings. The van der Waals surface area contributed by atoms with Crippen molar-refractivity contribution in [1.29, 1.82) is 0 Å². The summed E-state index contributed by atoms with van der Waals surface area (Å²) in [6, 6.07) is 4.29. The average molecular weight is 390 g/mol. The van der Waals surface area contributed by atoms with E-state index in [4.69, 9.17) is 27.9 Å². The van der Waals surface area contributed by atoms with Gasteiger partial charge in [0.25, 0.3) is 0 Å². The molecule has 0 aliphatic carbocycles.